The van der Waals surface area contributed by atoms with Crippen molar-refractivity contribution in [3.05, 3.63) is 41.3 Å². The summed E-state index contributed by atoms with van der Waals surface area (Å²) < 4.78 is 10.8. The maximum atomic E-state index is 12.5. The molecule has 0 unspecified atom stereocenters. The van der Waals surface area contributed by atoms with Crippen molar-refractivity contribution in [2.45, 2.75) is 39.4 Å². The molecule has 1 fully saturated rings. The molecule has 0 bridgehead atoms. The Morgan fingerprint density at radius 2 is 2.30 bits per heavy atom. The summed E-state index contributed by atoms with van der Waals surface area (Å²) in [6.45, 7) is 5.26. The average Bonchev–Trinajstić information content (AvgIpc) is 2.99. The van der Waals surface area contributed by atoms with E-state index < -0.39 is 0 Å². The summed E-state index contributed by atoms with van der Waals surface area (Å²) in [5, 5.41) is 3.73. The normalized spacial score (nSPS) is 18.2. The predicted molar refractivity (Wildman–Crippen MR) is 81.7 cm³/mol. The second-order valence-electron chi connectivity index (χ2n) is 5.75. The van der Waals surface area contributed by atoms with Crippen molar-refractivity contribution in [2.24, 2.45) is 0 Å². The van der Waals surface area contributed by atoms with Crippen LogP contribution in [-0.2, 0) is 11.3 Å². The Morgan fingerprint density at radius 3 is 3.00 bits per heavy atom. The van der Waals surface area contributed by atoms with E-state index in [-0.39, 0.29) is 18.6 Å². The number of aromatic nitrogens is 3. The molecule has 1 amide bonds. The number of rotatable bonds is 4. The summed E-state index contributed by atoms with van der Waals surface area (Å²) in [5.41, 5.74) is 1.51. The van der Waals surface area contributed by atoms with E-state index in [1.165, 1.54) is 0 Å². The largest absolute Gasteiger partial charge is 0.367 e. The van der Waals surface area contributed by atoms with Gasteiger partial charge in [0.05, 0.1) is 11.7 Å². The van der Waals surface area contributed by atoms with Crippen molar-refractivity contribution in [3.63, 3.8) is 0 Å². The first-order valence-corrected chi connectivity index (χ1v) is 7.74. The second kappa shape index (κ2) is 6.87. The van der Waals surface area contributed by atoms with E-state index in [2.05, 4.69) is 15.1 Å². The summed E-state index contributed by atoms with van der Waals surface area (Å²) in [7, 11) is 0. The number of likely N-dealkylation sites (tertiary alicyclic amines) is 1. The fourth-order valence-electron chi connectivity index (χ4n) is 2.62. The predicted octanol–water partition coefficient (Wildman–Crippen LogP) is 1.90. The Balaban J connectivity index is 1.57. The van der Waals surface area contributed by atoms with Gasteiger partial charge >= 0.3 is 0 Å². The molecule has 1 saturated heterocycles. The Morgan fingerprint density at radius 1 is 1.43 bits per heavy atom. The smallest absolute Gasteiger partial charge is 0.255 e. The van der Waals surface area contributed by atoms with Crippen molar-refractivity contribution in [2.75, 3.05) is 13.1 Å². The third-order valence-corrected chi connectivity index (χ3v) is 3.84. The van der Waals surface area contributed by atoms with Crippen LogP contribution in [0.2, 0.25) is 0 Å². The van der Waals surface area contributed by atoms with Gasteiger partial charge in [0.2, 0.25) is 0 Å². The lowest BCUT2D eigenvalue weighted by Crippen LogP contribution is -2.43. The highest BCUT2D eigenvalue weighted by Crippen LogP contribution is 2.17. The Hall–Kier alpha value is -2.28. The zero-order chi connectivity index (χ0) is 16.2. The van der Waals surface area contributed by atoms with Gasteiger partial charge in [-0.05, 0) is 38.8 Å². The van der Waals surface area contributed by atoms with Crippen LogP contribution >= 0.6 is 0 Å². The molecule has 0 saturated carbocycles. The van der Waals surface area contributed by atoms with Crippen LogP contribution in [0.1, 0.15) is 40.6 Å². The van der Waals surface area contributed by atoms with Crippen LogP contribution in [0.5, 0.6) is 0 Å². The first-order valence-electron chi connectivity index (χ1n) is 7.74. The fourth-order valence-corrected chi connectivity index (χ4v) is 2.62. The van der Waals surface area contributed by atoms with Gasteiger partial charge in [-0.15, -0.1) is 0 Å². The number of pyridine rings is 1. The second-order valence-corrected chi connectivity index (χ2v) is 5.75. The zero-order valence-corrected chi connectivity index (χ0v) is 13.4. The van der Waals surface area contributed by atoms with E-state index in [1.807, 2.05) is 24.0 Å². The van der Waals surface area contributed by atoms with E-state index in [1.54, 1.807) is 13.1 Å². The first-order chi connectivity index (χ1) is 11.1. The molecule has 0 N–H and O–H groups in total. The van der Waals surface area contributed by atoms with Crippen molar-refractivity contribution in [1.29, 1.82) is 0 Å². The van der Waals surface area contributed by atoms with Crippen LogP contribution in [0.15, 0.2) is 22.9 Å². The highest BCUT2D eigenvalue weighted by atomic mass is 16.5. The lowest BCUT2D eigenvalue weighted by Gasteiger charge is -2.32. The van der Waals surface area contributed by atoms with Crippen molar-refractivity contribution in [1.82, 2.24) is 20.0 Å². The summed E-state index contributed by atoms with van der Waals surface area (Å²) in [6.07, 6.45) is 3.45. The van der Waals surface area contributed by atoms with Gasteiger partial charge in [-0.1, -0.05) is 5.16 Å². The quantitative estimate of drug-likeness (QED) is 0.857. The van der Waals surface area contributed by atoms with E-state index in [0.717, 1.165) is 25.1 Å². The monoisotopic (exact) mass is 316 g/mol. The third kappa shape index (κ3) is 3.92. The number of hydrogen-bond donors (Lipinski definition) is 0. The van der Waals surface area contributed by atoms with Crippen molar-refractivity contribution < 1.29 is 14.1 Å². The highest BCUT2D eigenvalue weighted by molar-refractivity contribution is 5.94. The lowest BCUT2D eigenvalue weighted by atomic mass is 10.1. The summed E-state index contributed by atoms with van der Waals surface area (Å²) in [5.74, 6) is 1.06. The number of nitrogens with zero attached hydrogens (tertiary/aromatic N) is 4. The minimum atomic E-state index is -0.0155. The molecule has 0 spiro atoms. The van der Waals surface area contributed by atoms with Crippen molar-refractivity contribution in [3.8, 4) is 0 Å². The Labute approximate surface area is 134 Å². The van der Waals surface area contributed by atoms with Crippen LogP contribution < -0.4 is 0 Å². The van der Waals surface area contributed by atoms with Gasteiger partial charge in [-0.2, -0.15) is 4.98 Å². The third-order valence-electron chi connectivity index (χ3n) is 3.84. The van der Waals surface area contributed by atoms with Gasteiger partial charge in [0.1, 0.15) is 6.61 Å². The molecule has 2 aromatic rings. The lowest BCUT2D eigenvalue weighted by molar-refractivity contribution is -0.0153. The van der Waals surface area contributed by atoms with Crippen molar-refractivity contribution >= 4 is 5.91 Å². The highest BCUT2D eigenvalue weighted by Gasteiger charge is 2.25. The van der Waals surface area contributed by atoms with Gasteiger partial charge in [-0.3, -0.25) is 9.78 Å². The number of carbonyl (C=O) groups excluding carboxylic acids is 1. The van der Waals surface area contributed by atoms with Gasteiger partial charge in [0.25, 0.3) is 11.8 Å². The molecule has 3 heterocycles. The van der Waals surface area contributed by atoms with E-state index in [9.17, 15) is 4.79 Å². The summed E-state index contributed by atoms with van der Waals surface area (Å²) in [6, 6.07) is 3.67. The minimum Gasteiger partial charge on any atom is -0.367 e. The Kier molecular flexibility index (Phi) is 4.66. The minimum absolute atomic E-state index is 0.000523. The first kappa shape index (κ1) is 15.6. The standard InChI is InChI=1S/C16H20N4O3/c1-11-5-6-13(8-17-11)16(21)20-7-3-4-14(9-20)22-10-15-18-12(2)19-23-15/h5-6,8,14H,3-4,7,9-10H2,1-2H3/t14-/m1/s1. The van der Waals surface area contributed by atoms with Crippen LogP contribution in [0.25, 0.3) is 0 Å². The molecule has 0 aromatic carbocycles. The summed E-state index contributed by atoms with van der Waals surface area (Å²) >= 11 is 0. The molecule has 0 radical (unpaired) electrons. The molecule has 1 aliphatic rings. The summed E-state index contributed by atoms with van der Waals surface area (Å²) in [4.78, 5) is 22.6. The van der Waals surface area contributed by atoms with E-state index in [4.69, 9.17) is 9.26 Å². The molecule has 1 atom stereocenters. The molecule has 122 valence electrons. The number of piperidine rings is 1. The fraction of sp³-hybridized carbons (Fsp3) is 0.500. The maximum Gasteiger partial charge on any atom is 0.255 e. The molecule has 2 aromatic heterocycles. The molecule has 1 aliphatic heterocycles. The molecule has 7 heteroatoms. The van der Waals surface area contributed by atoms with Gasteiger partial charge < -0.3 is 14.2 Å². The van der Waals surface area contributed by atoms with Gasteiger partial charge in [-0.25, -0.2) is 0 Å². The molecule has 0 aliphatic carbocycles. The van der Waals surface area contributed by atoms with Gasteiger partial charge in [0, 0.05) is 25.0 Å². The molecule has 23 heavy (non-hydrogen) atoms. The number of hydrogen-bond acceptors (Lipinski definition) is 6. The maximum absolute atomic E-state index is 12.5. The molecular weight excluding hydrogens is 296 g/mol. The number of carbonyl (C=O) groups is 1. The molecule has 7 nitrogen and oxygen atoms in total. The van der Waals surface area contributed by atoms with E-state index in [0.29, 0.717) is 23.8 Å². The molecule has 3 rings (SSSR count). The average molecular weight is 316 g/mol. The number of ether oxygens (including phenoxy) is 1. The van der Waals surface area contributed by atoms with Crippen LogP contribution in [0, 0.1) is 13.8 Å². The van der Waals surface area contributed by atoms with Gasteiger partial charge in [0.15, 0.2) is 5.82 Å². The topological polar surface area (TPSA) is 81.4 Å². The Bertz CT molecular complexity index is 668. The SMILES string of the molecule is Cc1ccc(C(=O)N2CCC[C@@H](OCc3nc(C)no3)C2)cn1. The number of amides is 1. The molecular formula is C16H20N4O3. The van der Waals surface area contributed by atoms with Crippen LogP contribution in [0.4, 0.5) is 0 Å². The van der Waals surface area contributed by atoms with E-state index >= 15 is 0 Å². The van der Waals surface area contributed by atoms with Crippen LogP contribution in [-0.4, -0.2) is 45.1 Å². The number of aryl methyl sites for hydroxylation is 2. The van der Waals surface area contributed by atoms with Crippen LogP contribution in [0.3, 0.4) is 0 Å². The zero-order valence-electron chi connectivity index (χ0n) is 13.4.